The van der Waals surface area contributed by atoms with Crippen molar-refractivity contribution in [3.63, 3.8) is 0 Å². The van der Waals surface area contributed by atoms with E-state index in [1.165, 1.54) is 0 Å². The monoisotopic (exact) mass is 195 g/mol. The highest BCUT2D eigenvalue weighted by molar-refractivity contribution is 7.44. The highest BCUT2D eigenvalue weighted by Gasteiger charge is 2.23. The van der Waals surface area contributed by atoms with E-state index < -0.39 is 6.69 Å². The van der Waals surface area contributed by atoms with Crippen LogP contribution in [0.25, 0.3) is 0 Å². The average molecular weight is 196 g/mol. The van der Waals surface area contributed by atoms with Gasteiger partial charge in [0.05, 0.1) is 6.07 Å². The van der Waals surface area contributed by atoms with Crippen LogP contribution in [-0.2, 0) is 0 Å². The number of hydrogen-bond donors (Lipinski definition) is 0. The maximum atomic E-state index is 8.31. The smallest absolute Gasteiger partial charge is 0.198 e. The first-order valence-corrected chi connectivity index (χ1v) is 7.93. The highest BCUT2D eigenvalue weighted by Crippen LogP contribution is 2.25. The number of hydrogen-bond acceptors (Lipinski definition) is 1. The Morgan fingerprint density at radius 2 is 2.10 bits per heavy atom. The van der Waals surface area contributed by atoms with Gasteiger partial charge in [0.25, 0.3) is 0 Å². The summed E-state index contributed by atoms with van der Waals surface area (Å²) in [6.45, 7) is 1.91. The Morgan fingerprint density at radius 3 is 2.40 bits per heavy atom. The first-order valence-electron chi connectivity index (χ1n) is 3.20. The van der Waals surface area contributed by atoms with Crippen molar-refractivity contribution in [2.45, 2.75) is 25.9 Å². The summed E-state index contributed by atoms with van der Waals surface area (Å²) in [4.78, 5) is 0. The first-order chi connectivity index (χ1) is 4.45. The molecule has 1 atom stereocenters. The van der Waals surface area contributed by atoms with Crippen molar-refractivity contribution in [1.29, 1.82) is 5.26 Å². The van der Waals surface area contributed by atoms with Crippen molar-refractivity contribution in [3.8, 4) is 6.07 Å². The lowest BCUT2D eigenvalue weighted by molar-refractivity contribution is 0.664. The molecule has 0 N–H and O–H groups in total. The molecule has 58 valence electrons. The van der Waals surface area contributed by atoms with Gasteiger partial charge in [-0.25, -0.2) is 0 Å². The molecule has 0 saturated heterocycles. The zero-order chi connectivity index (χ0) is 8.20. The van der Waals surface area contributed by atoms with E-state index in [9.17, 15) is 0 Å². The van der Waals surface area contributed by atoms with Gasteiger partial charge in [-0.15, -0.1) is 22.2 Å². The number of halogens is 2. The Balaban J connectivity index is 3.60. The van der Waals surface area contributed by atoms with Gasteiger partial charge in [0.15, 0.2) is 0 Å². The van der Waals surface area contributed by atoms with Crippen LogP contribution in [0.5, 0.6) is 0 Å². The maximum absolute atomic E-state index is 8.31. The molecular weight excluding hydrogens is 185 g/mol. The van der Waals surface area contributed by atoms with Crippen molar-refractivity contribution < 1.29 is 0 Å². The van der Waals surface area contributed by atoms with E-state index in [1.807, 2.05) is 13.5 Å². The van der Waals surface area contributed by atoms with Gasteiger partial charge in [-0.2, -0.15) is 5.26 Å². The molecule has 0 bridgehead atoms. The maximum Gasteiger partial charge on any atom is 0.248 e. The Bertz CT molecular complexity index is 136. The Morgan fingerprint density at radius 1 is 1.60 bits per heavy atom. The molecule has 4 heteroatoms. The molecule has 0 aliphatic rings. The Labute approximate surface area is 72.4 Å². The van der Waals surface area contributed by atoms with Gasteiger partial charge in [0, 0.05) is 6.42 Å². The minimum absolute atomic E-state index is 0.344. The van der Waals surface area contributed by atoms with Gasteiger partial charge < -0.3 is 0 Å². The van der Waals surface area contributed by atoms with E-state index in [-0.39, 0.29) is 0 Å². The lowest BCUT2D eigenvalue weighted by Crippen LogP contribution is -2.16. The zero-order valence-corrected chi connectivity index (χ0v) is 8.71. The van der Waals surface area contributed by atoms with Crippen molar-refractivity contribution >= 4 is 28.9 Å². The van der Waals surface area contributed by atoms with Crippen LogP contribution < -0.4 is 0 Å². The van der Waals surface area contributed by atoms with Crippen LogP contribution in [0.2, 0.25) is 12.6 Å². The number of rotatable bonds is 3. The molecule has 0 radical (unpaired) electrons. The summed E-state index contributed by atoms with van der Waals surface area (Å²) in [5.41, 5.74) is 0. The molecule has 0 aromatic rings. The molecule has 0 aromatic heterocycles. The van der Waals surface area contributed by atoms with E-state index in [2.05, 4.69) is 6.07 Å². The van der Waals surface area contributed by atoms with Gasteiger partial charge in [-0.05, 0) is 18.5 Å². The quantitative estimate of drug-likeness (QED) is 0.502. The number of nitriles is 1. The standard InChI is InChI=1S/C6H11Cl2NSi/c1-6(3-4-9)5-10(2,7)8/h6H,3,5H2,1-2H3. The van der Waals surface area contributed by atoms with E-state index in [0.717, 1.165) is 6.04 Å². The van der Waals surface area contributed by atoms with Crippen LogP contribution >= 0.6 is 22.2 Å². The van der Waals surface area contributed by atoms with Gasteiger partial charge in [0.2, 0.25) is 6.69 Å². The molecule has 0 spiro atoms. The second-order valence-corrected chi connectivity index (χ2v) is 10.9. The summed E-state index contributed by atoms with van der Waals surface area (Å²) in [7, 11) is 0. The van der Waals surface area contributed by atoms with E-state index >= 15 is 0 Å². The van der Waals surface area contributed by atoms with Crippen LogP contribution in [0.1, 0.15) is 13.3 Å². The molecule has 0 rings (SSSR count). The summed E-state index contributed by atoms with van der Waals surface area (Å²) in [5.74, 6) is 0.344. The van der Waals surface area contributed by atoms with Gasteiger partial charge in [-0.1, -0.05) is 6.92 Å². The van der Waals surface area contributed by atoms with E-state index in [1.54, 1.807) is 0 Å². The summed E-state index contributed by atoms with van der Waals surface area (Å²) in [5, 5.41) is 8.31. The Hall–Kier alpha value is 0.287. The molecule has 10 heavy (non-hydrogen) atoms. The van der Waals surface area contributed by atoms with Crippen molar-refractivity contribution in [2.24, 2.45) is 5.92 Å². The summed E-state index contributed by atoms with van der Waals surface area (Å²) in [6.07, 6.45) is 0.558. The first kappa shape index (κ1) is 10.3. The molecule has 0 saturated carbocycles. The topological polar surface area (TPSA) is 23.8 Å². The third-order valence-electron chi connectivity index (χ3n) is 1.15. The molecule has 0 aliphatic heterocycles. The third-order valence-corrected chi connectivity index (χ3v) is 3.49. The lowest BCUT2D eigenvalue weighted by Gasteiger charge is -2.13. The molecule has 0 amide bonds. The summed E-state index contributed by atoms with van der Waals surface area (Å²) in [6, 6.07) is 2.90. The predicted octanol–water partition coefficient (Wildman–Crippen LogP) is 3.09. The van der Waals surface area contributed by atoms with Gasteiger partial charge in [-0.3, -0.25) is 0 Å². The summed E-state index contributed by atoms with van der Waals surface area (Å²) < 4.78 is 0. The normalized spacial score (nSPS) is 14.3. The fourth-order valence-corrected chi connectivity index (χ4v) is 3.79. The SMILES string of the molecule is CC(CC#N)C[Si](C)(Cl)Cl. The molecule has 0 aliphatic carbocycles. The second-order valence-electron chi connectivity index (χ2n) is 2.74. The van der Waals surface area contributed by atoms with Gasteiger partial charge in [0.1, 0.15) is 0 Å². The highest BCUT2D eigenvalue weighted by atomic mass is 35.7. The minimum Gasteiger partial charge on any atom is -0.198 e. The molecule has 0 fully saturated rings. The van der Waals surface area contributed by atoms with E-state index in [0.29, 0.717) is 12.3 Å². The third kappa shape index (κ3) is 6.41. The van der Waals surface area contributed by atoms with Crippen molar-refractivity contribution in [1.82, 2.24) is 0 Å². The molecule has 1 nitrogen and oxygen atoms in total. The van der Waals surface area contributed by atoms with Crippen LogP contribution in [0.4, 0.5) is 0 Å². The summed E-state index contributed by atoms with van der Waals surface area (Å²) >= 11 is 11.7. The van der Waals surface area contributed by atoms with Crippen LogP contribution in [-0.4, -0.2) is 6.69 Å². The molecular formula is C6H11Cl2NSi. The van der Waals surface area contributed by atoms with Crippen molar-refractivity contribution in [2.75, 3.05) is 0 Å². The molecule has 0 aromatic carbocycles. The molecule has 1 unspecified atom stereocenters. The molecule has 0 heterocycles. The second kappa shape index (κ2) is 4.22. The number of nitrogens with zero attached hydrogens (tertiary/aromatic N) is 1. The predicted molar refractivity (Wildman–Crippen MR) is 47.5 cm³/mol. The zero-order valence-electron chi connectivity index (χ0n) is 6.19. The lowest BCUT2D eigenvalue weighted by atomic mass is 10.2. The van der Waals surface area contributed by atoms with Gasteiger partial charge >= 0.3 is 0 Å². The van der Waals surface area contributed by atoms with Crippen molar-refractivity contribution in [3.05, 3.63) is 0 Å². The fraction of sp³-hybridized carbons (Fsp3) is 0.833. The van der Waals surface area contributed by atoms with Crippen LogP contribution in [0.3, 0.4) is 0 Å². The largest absolute Gasteiger partial charge is 0.248 e. The van der Waals surface area contributed by atoms with E-state index in [4.69, 9.17) is 27.4 Å². The van der Waals surface area contributed by atoms with Crippen LogP contribution in [0, 0.1) is 17.2 Å². The average Bonchev–Trinajstić information content (AvgIpc) is 1.59. The minimum atomic E-state index is -1.96. The fourth-order valence-electron chi connectivity index (χ4n) is 0.840. The Kier molecular flexibility index (Phi) is 4.35. The van der Waals surface area contributed by atoms with Crippen LogP contribution in [0.15, 0.2) is 0 Å².